The van der Waals surface area contributed by atoms with E-state index in [0.717, 1.165) is 27.8 Å². The second-order valence-corrected chi connectivity index (χ2v) is 6.53. The Morgan fingerprint density at radius 2 is 1.63 bits per heavy atom. The molecule has 0 bridgehead atoms. The van der Waals surface area contributed by atoms with Crippen LogP contribution in [0.4, 0.5) is 5.82 Å². The van der Waals surface area contributed by atoms with Crippen LogP contribution in [0.2, 0.25) is 0 Å². The number of benzene rings is 3. The highest BCUT2D eigenvalue weighted by Gasteiger charge is 2.08. The first-order valence-electron chi connectivity index (χ1n) is 8.86. The molecule has 132 valence electrons. The highest BCUT2D eigenvalue weighted by atomic mass is 16.1. The Labute approximate surface area is 157 Å². The molecule has 0 saturated heterocycles. The quantitative estimate of drug-likeness (QED) is 0.574. The summed E-state index contributed by atoms with van der Waals surface area (Å²) in [6, 6.07) is 25.9. The number of nitrogens with zero attached hydrogens (tertiary/aromatic N) is 2. The Morgan fingerprint density at radius 1 is 0.852 bits per heavy atom. The van der Waals surface area contributed by atoms with Gasteiger partial charge < -0.3 is 5.32 Å². The second-order valence-electron chi connectivity index (χ2n) is 6.53. The highest BCUT2D eigenvalue weighted by molar-refractivity contribution is 5.92. The first kappa shape index (κ1) is 16.9. The van der Waals surface area contributed by atoms with Gasteiger partial charge in [-0.05, 0) is 41.0 Å². The summed E-state index contributed by atoms with van der Waals surface area (Å²) < 4.78 is 0. The summed E-state index contributed by atoms with van der Waals surface area (Å²) in [6.07, 6.45) is 0.298. The van der Waals surface area contributed by atoms with Crippen LogP contribution >= 0.6 is 0 Å². The molecule has 0 unspecified atom stereocenters. The molecule has 0 atom stereocenters. The number of hydrogen-bond donors (Lipinski definition) is 1. The van der Waals surface area contributed by atoms with Crippen LogP contribution in [0, 0.1) is 6.92 Å². The van der Waals surface area contributed by atoms with Gasteiger partial charge in [-0.3, -0.25) is 4.79 Å². The van der Waals surface area contributed by atoms with Crippen LogP contribution in [0.15, 0.2) is 78.9 Å². The number of aromatic nitrogens is 2. The smallest absolute Gasteiger partial charge is 0.229 e. The molecule has 1 amide bonds. The van der Waals surface area contributed by atoms with Crippen LogP contribution in [-0.2, 0) is 11.2 Å². The number of hydrogen-bond acceptors (Lipinski definition) is 3. The molecule has 0 aliphatic carbocycles. The minimum Gasteiger partial charge on any atom is -0.309 e. The lowest BCUT2D eigenvalue weighted by molar-refractivity contribution is -0.115. The molecule has 0 aliphatic rings. The van der Waals surface area contributed by atoms with E-state index in [1.807, 2.05) is 73.7 Å². The van der Waals surface area contributed by atoms with Crippen LogP contribution in [-0.4, -0.2) is 16.1 Å². The van der Waals surface area contributed by atoms with Gasteiger partial charge in [-0.25, -0.2) is 0 Å². The Hall–Kier alpha value is -3.53. The molecule has 0 fully saturated rings. The predicted molar refractivity (Wildman–Crippen MR) is 108 cm³/mol. The lowest BCUT2D eigenvalue weighted by atomic mass is 10.0. The van der Waals surface area contributed by atoms with E-state index in [9.17, 15) is 4.79 Å². The van der Waals surface area contributed by atoms with E-state index in [0.29, 0.717) is 12.2 Å². The molecular formula is C23H19N3O. The van der Waals surface area contributed by atoms with Gasteiger partial charge >= 0.3 is 0 Å². The highest BCUT2D eigenvalue weighted by Crippen LogP contribution is 2.21. The summed E-state index contributed by atoms with van der Waals surface area (Å²) in [5.74, 6) is 0.348. The van der Waals surface area contributed by atoms with E-state index in [1.54, 1.807) is 6.07 Å². The number of fused-ring (bicyclic) bond motifs is 1. The summed E-state index contributed by atoms with van der Waals surface area (Å²) in [5, 5.41) is 13.5. The maximum atomic E-state index is 12.3. The number of aryl methyl sites for hydroxylation is 1. The molecule has 0 saturated carbocycles. The number of carbonyl (C=O) groups excluding carboxylic acids is 1. The molecule has 1 aromatic heterocycles. The predicted octanol–water partition coefficient (Wildman–Crippen LogP) is 4.79. The van der Waals surface area contributed by atoms with Crippen molar-refractivity contribution in [3.63, 3.8) is 0 Å². The van der Waals surface area contributed by atoms with Gasteiger partial charge in [0.05, 0.1) is 12.1 Å². The molecule has 4 nitrogen and oxygen atoms in total. The van der Waals surface area contributed by atoms with Gasteiger partial charge in [0.2, 0.25) is 5.91 Å². The molecule has 27 heavy (non-hydrogen) atoms. The molecule has 0 aliphatic heterocycles. The average molecular weight is 353 g/mol. The van der Waals surface area contributed by atoms with Crippen LogP contribution in [0.5, 0.6) is 0 Å². The van der Waals surface area contributed by atoms with Crippen molar-refractivity contribution in [2.75, 3.05) is 5.32 Å². The maximum Gasteiger partial charge on any atom is 0.229 e. The molecular weight excluding hydrogens is 334 g/mol. The average Bonchev–Trinajstić information content (AvgIpc) is 2.69. The fraction of sp³-hybridized carbons (Fsp3) is 0.0870. The van der Waals surface area contributed by atoms with Crippen LogP contribution < -0.4 is 5.32 Å². The van der Waals surface area contributed by atoms with Crippen molar-refractivity contribution >= 4 is 22.5 Å². The summed E-state index contributed by atoms with van der Waals surface area (Å²) >= 11 is 0. The van der Waals surface area contributed by atoms with Crippen LogP contribution in [0.3, 0.4) is 0 Å². The number of amides is 1. The van der Waals surface area contributed by atoms with E-state index >= 15 is 0 Å². The summed E-state index contributed by atoms with van der Waals surface area (Å²) in [6.45, 7) is 2.04. The SMILES string of the molecule is Cc1ccccc1-c1ccc(NC(=O)Cc2ccc3ccccc3c2)nn1. The van der Waals surface area contributed by atoms with Gasteiger partial charge in [-0.2, -0.15) is 0 Å². The largest absolute Gasteiger partial charge is 0.309 e. The van der Waals surface area contributed by atoms with Crippen molar-refractivity contribution in [1.29, 1.82) is 0 Å². The second kappa shape index (κ2) is 7.38. The molecule has 4 rings (SSSR count). The minimum atomic E-state index is -0.108. The van der Waals surface area contributed by atoms with Crippen LogP contribution in [0.25, 0.3) is 22.0 Å². The summed E-state index contributed by atoms with van der Waals surface area (Å²) in [5.41, 5.74) is 3.94. The first-order valence-corrected chi connectivity index (χ1v) is 8.86. The number of nitrogens with one attached hydrogen (secondary N) is 1. The van der Waals surface area contributed by atoms with Crippen LogP contribution in [0.1, 0.15) is 11.1 Å². The monoisotopic (exact) mass is 353 g/mol. The minimum absolute atomic E-state index is 0.108. The van der Waals surface area contributed by atoms with Crippen molar-refractivity contribution in [3.8, 4) is 11.3 Å². The van der Waals surface area contributed by atoms with Crippen molar-refractivity contribution in [2.24, 2.45) is 0 Å². The van der Waals surface area contributed by atoms with E-state index in [1.165, 1.54) is 5.39 Å². The third kappa shape index (κ3) is 3.85. The number of rotatable bonds is 4. The Kier molecular flexibility index (Phi) is 4.62. The summed E-state index contributed by atoms with van der Waals surface area (Å²) in [7, 11) is 0. The standard InChI is InChI=1S/C23H19N3O/c1-16-6-2-5-9-20(16)21-12-13-22(26-25-21)24-23(27)15-17-10-11-18-7-3-4-8-19(18)14-17/h2-14H,15H2,1H3,(H,24,26,27). The van der Waals surface area contributed by atoms with Gasteiger partial charge in [0.1, 0.15) is 0 Å². The molecule has 4 heteroatoms. The third-order valence-electron chi connectivity index (χ3n) is 4.53. The van der Waals surface area contributed by atoms with E-state index in [4.69, 9.17) is 0 Å². The lowest BCUT2D eigenvalue weighted by Gasteiger charge is -2.07. The van der Waals surface area contributed by atoms with Crippen molar-refractivity contribution in [3.05, 3.63) is 90.0 Å². The fourth-order valence-electron chi connectivity index (χ4n) is 3.12. The zero-order valence-corrected chi connectivity index (χ0v) is 15.0. The van der Waals surface area contributed by atoms with E-state index in [2.05, 4.69) is 21.6 Å². The van der Waals surface area contributed by atoms with Crippen molar-refractivity contribution < 1.29 is 4.79 Å². The number of carbonyl (C=O) groups is 1. The summed E-state index contributed by atoms with van der Waals surface area (Å²) in [4.78, 5) is 12.3. The Balaban J connectivity index is 1.45. The first-order chi connectivity index (χ1) is 13.2. The molecule has 0 spiro atoms. The van der Waals surface area contributed by atoms with Gasteiger partial charge in [-0.1, -0.05) is 66.7 Å². The zero-order chi connectivity index (χ0) is 18.6. The number of anilines is 1. The molecule has 0 radical (unpaired) electrons. The lowest BCUT2D eigenvalue weighted by Crippen LogP contribution is -2.15. The fourth-order valence-corrected chi connectivity index (χ4v) is 3.12. The molecule has 1 heterocycles. The molecule has 1 N–H and O–H groups in total. The Morgan fingerprint density at radius 3 is 2.41 bits per heavy atom. The van der Waals surface area contributed by atoms with Gasteiger partial charge in [0, 0.05) is 5.56 Å². The van der Waals surface area contributed by atoms with Gasteiger partial charge in [-0.15, -0.1) is 10.2 Å². The zero-order valence-electron chi connectivity index (χ0n) is 15.0. The van der Waals surface area contributed by atoms with Gasteiger partial charge in [0.25, 0.3) is 0 Å². The topological polar surface area (TPSA) is 54.9 Å². The van der Waals surface area contributed by atoms with E-state index in [-0.39, 0.29) is 5.91 Å². The maximum absolute atomic E-state index is 12.3. The van der Waals surface area contributed by atoms with Gasteiger partial charge in [0.15, 0.2) is 5.82 Å². The molecule has 4 aromatic rings. The Bertz CT molecular complexity index is 1100. The van der Waals surface area contributed by atoms with E-state index < -0.39 is 0 Å². The third-order valence-corrected chi connectivity index (χ3v) is 4.53. The molecule has 3 aromatic carbocycles. The normalized spacial score (nSPS) is 10.7. The van der Waals surface area contributed by atoms with Crippen molar-refractivity contribution in [2.45, 2.75) is 13.3 Å². The van der Waals surface area contributed by atoms with Crippen molar-refractivity contribution in [1.82, 2.24) is 10.2 Å².